The normalized spacial score (nSPS) is 16.0. The third-order valence-electron chi connectivity index (χ3n) is 3.84. The van der Waals surface area contributed by atoms with Gasteiger partial charge in [-0.25, -0.2) is 4.39 Å². The van der Waals surface area contributed by atoms with E-state index in [4.69, 9.17) is 10.5 Å². The molecule has 21 heavy (non-hydrogen) atoms. The zero-order chi connectivity index (χ0) is 15.2. The fourth-order valence-electron chi connectivity index (χ4n) is 2.47. The number of carbonyl (C=O) groups is 1. The van der Waals surface area contributed by atoms with Crippen LogP contribution in [0.3, 0.4) is 0 Å². The first-order chi connectivity index (χ1) is 10.1. The Bertz CT molecular complexity index is 487. The van der Waals surface area contributed by atoms with Gasteiger partial charge in [0, 0.05) is 19.1 Å². The van der Waals surface area contributed by atoms with Gasteiger partial charge < -0.3 is 15.4 Å². The Morgan fingerprint density at radius 3 is 2.81 bits per heavy atom. The van der Waals surface area contributed by atoms with Crippen LogP contribution in [0.1, 0.15) is 31.7 Å². The number of nitrogens with two attached hydrogens (primary N) is 1. The van der Waals surface area contributed by atoms with E-state index < -0.39 is 0 Å². The van der Waals surface area contributed by atoms with Crippen LogP contribution in [0.2, 0.25) is 0 Å². The summed E-state index contributed by atoms with van der Waals surface area (Å²) in [7, 11) is 0. The van der Waals surface area contributed by atoms with Gasteiger partial charge in [-0.3, -0.25) is 4.79 Å². The van der Waals surface area contributed by atoms with Gasteiger partial charge in [-0.1, -0.05) is 6.92 Å². The lowest BCUT2D eigenvalue weighted by atomic mass is 10.0. The molecule has 2 N–H and O–H groups in total. The van der Waals surface area contributed by atoms with E-state index in [0.29, 0.717) is 12.2 Å². The molecule has 0 saturated carbocycles. The summed E-state index contributed by atoms with van der Waals surface area (Å²) in [6, 6.07) is 4.31. The van der Waals surface area contributed by atoms with Crippen molar-refractivity contribution in [3.05, 3.63) is 29.6 Å². The Balaban J connectivity index is 1.99. The third-order valence-corrected chi connectivity index (χ3v) is 3.84. The predicted octanol–water partition coefficient (Wildman–Crippen LogP) is 2.11. The molecule has 5 heteroatoms. The number of nitrogens with zero attached hydrogens (tertiary/aromatic N) is 1. The lowest BCUT2D eigenvalue weighted by Gasteiger charge is -2.18. The zero-order valence-corrected chi connectivity index (χ0v) is 12.5. The fraction of sp³-hybridized carbons (Fsp3) is 0.562. The maximum Gasteiger partial charge on any atom is 0.260 e. The number of benzene rings is 1. The van der Waals surface area contributed by atoms with Crippen LogP contribution in [0, 0.1) is 5.82 Å². The van der Waals surface area contributed by atoms with Crippen LogP contribution in [-0.2, 0) is 11.2 Å². The average molecular weight is 294 g/mol. The molecule has 2 rings (SSSR count). The van der Waals surface area contributed by atoms with Crippen LogP contribution in [0.25, 0.3) is 0 Å². The van der Waals surface area contributed by atoms with Gasteiger partial charge in [0.15, 0.2) is 6.61 Å². The second-order valence-electron chi connectivity index (χ2n) is 5.50. The standard InChI is InChI=1S/C16H23FN2O2/c1-2-14(18)10-12-9-13(17)5-6-15(12)21-11-16(20)19-7-3-4-8-19/h5-6,9,14H,2-4,7-8,10-11,18H2,1H3. The summed E-state index contributed by atoms with van der Waals surface area (Å²) in [6.45, 7) is 3.60. The van der Waals surface area contributed by atoms with Crippen LogP contribution in [-0.4, -0.2) is 36.5 Å². The summed E-state index contributed by atoms with van der Waals surface area (Å²) >= 11 is 0. The summed E-state index contributed by atoms with van der Waals surface area (Å²) in [4.78, 5) is 13.8. The second-order valence-corrected chi connectivity index (χ2v) is 5.50. The van der Waals surface area contributed by atoms with Crippen LogP contribution in [0.4, 0.5) is 4.39 Å². The highest BCUT2D eigenvalue weighted by Crippen LogP contribution is 2.22. The molecule has 1 aromatic rings. The number of likely N-dealkylation sites (tertiary alicyclic amines) is 1. The minimum absolute atomic E-state index is 0.00000449. The summed E-state index contributed by atoms with van der Waals surface area (Å²) in [6.07, 6.45) is 3.46. The fourth-order valence-corrected chi connectivity index (χ4v) is 2.47. The topological polar surface area (TPSA) is 55.6 Å². The summed E-state index contributed by atoms with van der Waals surface area (Å²) in [5, 5.41) is 0. The summed E-state index contributed by atoms with van der Waals surface area (Å²) in [5.74, 6) is 0.224. The highest BCUT2D eigenvalue weighted by molar-refractivity contribution is 5.78. The van der Waals surface area contributed by atoms with E-state index >= 15 is 0 Å². The molecule has 1 atom stereocenters. The minimum atomic E-state index is -0.313. The maximum absolute atomic E-state index is 13.4. The molecule has 1 heterocycles. The predicted molar refractivity (Wildman–Crippen MR) is 79.7 cm³/mol. The Hall–Kier alpha value is -1.62. The van der Waals surface area contributed by atoms with Crippen molar-refractivity contribution in [1.29, 1.82) is 0 Å². The van der Waals surface area contributed by atoms with Crippen molar-refractivity contribution in [3.8, 4) is 5.75 Å². The van der Waals surface area contributed by atoms with E-state index in [1.54, 1.807) is 11.0 Å². The van der Waals surface area contributed by atoms with Crippen molar-refractivity contribution in [3.63, 3.8) is 0 Å². The van der Waals surface area contributed by atoms with Gasteiger partial charge in [-0.2, -0.15) is 0 Å². The molecule has 0 aliphatic carbocycles. The van der Waals surface area contributed by atoms with E-state index in [2.05, 4.69) is 0 Å². The minimum Gasteiger partial charge on any atom is -0.483 e. The number of carbonyl (C=O) groups excluding carboxylic acids is 1. The molecule has 116 valence electrons. The van der Waals surface area contributed by atoms with Gasteiger partial charge >= 0.3 is 0 Å². The number of hydrogen-bond donors (Lipinski definition) is 1. The Morgan fingerprint density at radius 2 is 2.14 bits per heavy atom. The molecule has 0 spiro atoms. The van der Waals surface area contributed by atoms with Crippen molar-refractivity contribution in [2.24, 2.45) is 5.73 Å². The quantitative estimate of drug-likeness (QED) is 0.874. The molecule has 0 bridgehead atoms. The van der Waals surface area contributed by atoms with Crippen molar-refractivity contribution in [2.45, 2.75) is 38.6 Å². The number of hydrogen-bond acceptors (Lipinski definition) is 3. The second kappa shape index (κ2) is 7.41. The van der Waals surface area contributed by atoms with Gasteiger partial charge in [0.25, 0.3) is 5.91 Å². The number of halogens is 1. The van der Waals surface area contributed by atoms with E-state index in [1.165, 1.54) is 12.1 Å². The number of amides is 1. The average Bonchev–Trinajstić information content (AvgIpc) is 3.00. The van der Waals surface area contributed by atoms with Crippen LogP contribution < -0.4 is 10.5 Å². The Labute approximate surface area is 125 Å². The molecule has 4 nitrogen and oxygen atoms in total. The molecular formula is C16H23FN2O2. The Morgan fingerprint density at radius 1 is 1.43 bits per heavy atom. The molecular weight excluding hydrogens is 271 g/mol. The summed E-state index contributed by atoms with van der Waals surface area (Å²) < 4.78 is 19.0. The van der Waals surface area contributed by atoms with Crippen LogP contribution in [0.5, 0.6) is 5.75 Å². The SMILES string of the molecule is CCC(N)Cc1cc(F)ccc1OCC(=O)N1CCCC1. The largest absolute Gasteiger partial charge is 0.483 e. The molecule has 1 fully saturated rings. The van der Waals surface area contributed by atoms with E-state index in [-0.39, 0.29) is 24.4 Å². The van der Waals surface area contributed by atoms with E-state index in [1.807, 2.05) is 6.92 Å². The van der Waals surface area contributed by atoms with E-state index in [0.717, 1.165) is 37.9 Å². The molecule has 1 aliphatic heterocycles. The smallest absolute Gasteiger partial charge is 0.260 e. The van der Waals surface area contributed by atoms with Gasteiger partial charge in [0.2, 0.25) is 0 Å². The highest BCUT2D eigenvalue weighted by Gasteiger charge is 2.19. The maximum atomic E-state index is 13.4. The summed E-state index contributed by atoms with van der Waals surface area (Å²) in [5.41, 5.74) is 6.65. The van der Waals surface area contributed by atoms with E-state index in [9.17, 15) is 9.18 Å². The zero-order valence-electron chi connectivity index (χ0n) is 12.5. The van der Waals surface area contributed by atoms with Gasteiger partial charge in [0.1, 0.15) is 11.6 Å². The third kappa shape index (κ3) is 4.43. The van der Waals surface area contributed by atoms with Crippen LogP contribution >= 0.6 is 0 Å². The first-order valence-corrected chi connectivity index (χ1v) is 7.54. The van der Waals surface area contributed by atoms with Crippen molar-refractivity contribution in [2.75, 3.05) is 19.7 Å². The lowest BCUT2D eigenvalue weighted by Crippen LogP contribution is -2.32. The van der Waals surface area contributed by atoms with Crippen LogP contribution in [0.15, 0.2) is 18.2 Å². The molecule has 0 radical (unpaired) electrons. The Kier molecular flexibility index (Phi) is 5.56. The van der Waals surface area contributed by atoms with Crippen molar-refractivity contribution < 1.29 is 13.9 Å². The molecule has 1 amide bonds. The monoisotopic (exact) mass is 294 g/mol. The molecule has 1 aromatic carbocycles. The number of rotatable bonds is 6. The molecule has 1 saturated heterocycles. The molecule has 1 unspecified atom stereocenters. The van der Waals surface area contributed by atoms with Gasteiger partial charge in [0.05, 0.1) is 0 Å². The van der Waals surface area contributed by atoms with Crippen molar-refractivity contribution >= 4 is 5.91 Å². The van der Waals surface area contributed by atoms with Gasteiger partial charge in [-0.05, 0) is 49.4 Å². The number of ether oxygens (including phenoxy) is 1. The molecule has 0 aromatic heterocycles. The molecule has 1 aliphatic rings. The lowest BCUT2D eigenvalue weighted by molar-refractivity contribution is -0.132. The van der Waals surface area contributed by atoms with Crippen molar-refractivity contribution in [1.82, 2.24) is 4.90 Å². The van der Waals surface area contributed by atoms with Gasteiger partial charge in [-0.15, -0.1) is 0 Å². The first-order valence-electron chi connectivity index (χ1n) is 7.54. The highest BCUT2D eigenvalue weighted by atomic mass is 19.1. The first kappa shape index (κ1) is 15.8.